The molecular weight excluding hydrogens is 288 g/mol. The standard InChI is InChI=1S/C14H20N4O2S/c1-14(2,3)18-12(9-15)16-17-13(18)10-5-7-11(8-6-10)21(4,19)20/h5-8H,9,15H2,1-4H3. The first-order valence-corrected chi connectivity index (χ1v) is 8.49. The quantitative estimate of drug-likeness (QED) is 0.929. The van der Waals surface area contributed by atoms with Crippen LogP contribution in [0.1, 0.15) is 26.6 Å². The Morgan fingerprint density at radius 2 is 1.71 bits per heavy atom. The molecule has 2 aromatic rings. The topological polar surface area (TPSA) is 90.9 Å². The van der Waals surface area contributed by atoms with E-state index in [0.717, 1.165) is 5.56 Å². The molecule has 0 bridgehead atoms. The highest BCUT2D eigenvalue weighted by Gasteiger charge is 2.23. The molecule has 0 saturated carbocycles. The van der Waals surface area contributed by atoms with Gasteiger partial charge in [0.2, 0.25) is 0 Å². The number of hydrogen-bond acceptors (Lipinski definition) is 5. The second kappa shape index (κ2) is 5.23. The molecule has 0 spiro atoms. The average Bonchev–Trinajstić information content (AvgIpc) is 2.81. The van der Waals surface area contributed by atoms with Crippen molar-refractivity contribution in [1.82, 2.24) is 14.8 Å². The van der Waals surface area contributed by atoms with Crippen LogP contribution in [0.5, 0.6) is 0 Å². The van der Waals surface area contributed by atoms with Crippen LogP contribution in [0.2, 0.25) is 0 Å². The van der Waals surface area contributed by atoms with Crippen LogP contribution in [0.4, 0.5) is 0 Å². The van der Waals surface area contributed by atoms with Crippen molar-refractivity contribution < 1.29 is 8.42 Å². The molecule has 0 aliphatic carbocycles. The molecule has 0 aliphatic rings. The summed E-state index contributed by atoms with van der Waals surface area (Å²) in [5.74, 6) is 1.38. The summed E-state index contributed by atoms with van der Waals surface area (Å²) >= 11 is 0. The van der Waals surface area contributed by atoms with Crippen molar-refractivity contribution >= 4 is 9.84 Å². The summed E-state index contributed by atoms with van der Waals surface area (Å²) in [6, 6.07) is 6.63. The van der Waals surface area contributed by atoms with Crippen LogP contribution in [-0.2, 0) is 21.9 Å². The molecule has 2 rings (SSSR count). The van der Waals surface area contributed by atoms with E-state index in [1.165, 1.54) is 6.26 Å². The molecule has 0 fully saturated rings. The van der Waals surface area contributed by atoms with Gasteiger partial charge >= 0.3 is 0 Å². The van der Waals surface area contributed by atoms with Gasteiger partial charge < -0.3 is 10.3 Å². The van der Waals surface area contributed by atoms with Gasteiger partial charge in [0.1, 0.15) is 5.82 Å². The van der Waals surface area contributed by atoms with Crippen LogP contribution in [0.25, 0.3) is 11.4 Å². The maximum Gasteiger partial charge on any atom is 0.175 e. The Morgan fingerprint density at radius 3 is 2.14 bits per heavy atom. The van der Waals surface area contributed by atoms with Gasteiger partial charge in [0.25, 0.3) is 0 Å². The van der Waals surface area contributed by atoms with Crippen LogP contribution in [0.15, 0.2) is 29.2 Å². The first kappa shape index (κ1) is 15.7. The van der Waals surface area contributed by atoms with E-state index in [4.69, 9.17) is 5.73 Å². The number of rotatable bonds is 3. The summed E-state index contributed by atoms with van der Waals surface area (Å²) in [5, 5.41) is 8.32. The molecule has 114 valence electrons. The minimum absolute atomic E-state index is 0.219. The third-order valence-corrected chi connectivity index (χ3v) is 4.25. The van der Waals surface area contributed by atoms with Crippen molar-refractivity contribution in [3.05, 3.63) is 30.1 Å². The van der Waals surface area contributed by atoms with Crippen molar-refractivity contribution in [2.45, 2.75) is 37.8 Å². The van der Waals surface area contributed by atoms with Crippen molar-refractivity contribution in [2.75, 3.05) is 6.26 Å². The second-order valence-corrected chi connectivity index (χ2v) is 7.96. The lowest BCUT2D eigenvalue weighted by molar-refractivity contribution is 0.386. The smallest absolute Gasteiger partial charge is 0.175 e. The van der Waals surface area contributed by atoms with E-state index in [-0.39, 0.29) is 10.4 Å². The van der Waals surface area contributed by atoms with E-state index in [9.17, 15) is 8.42 Å². The van der Waals surface area contributed by atoms with E-state index in [0.29, 0.717) is 18.2 Å². The van der Waals surface area contributed by atoms with E-state index in [2.05, 4.69) is 10.2 Å². The summed E-state index contributed by atoms with van der Waals surface area (Å²) in [6.45, 7) is 6.43. The normalized spacial score (nSPS) is 12.6. The van der Waals surface area contributed by atoms with E-state index < -0.39 is 9.84 Å². The Bertz CT molecular complexity index is 740. The number of sulfone groups is 1. The van der Waals surface area contributed by atoms with Crippen molar-refractivity contribution in [3.8, 4) is 11.4 Å². The van der Waals surface area contributed by atoms with Gasteiger partial charge in [0.05, 0.1) is 11.4 Å². The molecule has 1 aromatic carbocycles. The molecule has 2 N–H and O–H groups in total. The zero-order chi connectivity index (χ0) is 15.8. The highest BCUT2D eigenvalue weighted by Crippen LogP contribution is 2.26. The highest BCUT2D eigenvalue weighted by molar-refractivity contribution is 7.90. The van der Waals surface area contributed by atoms with Crippen LogP contribution in [-0.4, -0.2) is 29.4 Å². The molecule has 0 aliphatic heterocycles. The summed E-state index contributed by atoms with van der Waals surface area (Å²) < 4.78 is 25.0. The minimum atomic E-state index is -3.20. The molecule has 0 saturated heterocycles. The van der Waals surface area contributed by atoms with E-state index in [1.807, 2.05) is 25.3 Å². The summed E-state index contributed by atoms with van der Waals surface area (Å²) in [5.41, 5.74) is 6.31. The van der Waals surface area contributed by atoms with Crippen molar-refractivity contribution in [1.29, 1.82) is 0 Å². The maximum absolute atomic E-state index is 11.5. The SMILES string of the molecule is CC(C)(C)n1c(CN)nnc1-c1ccc(S(C)(=O)=O)cc1. The largest absolute Gasteiger partial charge is 0.324 e. The first-order chi connectivity index (χ1) is 9.64. The Kier molecular flexibility index (Phi) is 3.90. The Morgan fingerprint density at radius 1 is 1.14 bits per heavy atom. The fourth-order valence-electron chi connectivity index (χ4n) is 2.19. The predicted molar refractivity (Wildman–Crippen MR) is 81.5 cm³/mol. The summed E-state index contributed by atoms with van der Waals surface area (Å²) in [4.78, 5) is 0.284. The fraction of sp³-hybridized carbons (Fsp3) is 0.429. The number of aromatic nitrogens is 3. The number of nitrogens with two attached hydrogens (primary N) is 1. The Labute approximate surface area is 124 Å². The molecule has 21 heavy (non-hydrogen) atoms. The molecule has 1 heterocycles. The van der Waals surface area contributed by atoms with E-state index >= 15 is 0 Å². The fourth-order valence-corrected chi connectivity index (χ4v) is 2.82. The van der Waals surface area contributed by atoms with Crippen LogP contribution < -0.4 is 5.73 Å². The van der Waals surface area contributed by atoms with Gasteiger partial charge in [-0.2, -0.15) is 0 Å². The Hall–Kier alpha value is -1.73. The number of nitrogens with zero attached hydrogens (tertiary/aromatic N) is 3. The molecule has 0 atom stereocenters. The van der Waals surface area contributed by atoms with Crippen LogP contribution >= 0.6 is 0 Å². The number of hydrogen-bond donors (Lipinski definition) is 1. The molecule has 6 nitrogen and oxygen atoms in total. The zero-order valence-electron chi connectivity index (χ0n) is 12.7. The van der Waals surface area contributed by atoms with Gasteiger partial charge in [-0.3, -0.25) is 0 Å². The van der Waals surface area contributed by atoms with Gasteiger partial charge in [-0.25, -0.2) is 8.42 Å². The van der Waals surface area contributed by atoms with Gasteiger partial charge in [-0.05, 0) is 45.0 Å². The monoisotopic (exact) mass is 308 g/mol. The van der Waals surface area contributed by atoms with Gasteiger partial charge in [0.15, 0.2) is 15.7 Å². The third-order valence-electron chi connectivity index (χ3n) is 3.12. The lowest BCUT2D eigenvalue weighted by Crippen LogP contribution is -2.26. The number of benzene rings is 1. The molecule has 7 heteroatoms. The highest BCUT2D eigenvalue weighted by atomic mass is 32.2. The lowest BCUT2D eigenvalue weighted by Gasteiger charge is -2.24. The lowest BCUT2D eigenvalue weighted by atomic mass is 10.1. The summed E-state index contributed by atoms with van der Waals surface area (Å²) in [7, 11) is -3.20. The first-order valence-electron chi connectivity index (χ1n) is 6.60. The van der Waals surface area contributed by atoms with Gasteiger partial charge in [-0.15, -0.1) is 10.2 Å². The molecule has 1 aromatic heterocycles. The minimum Gasteiger partial charge on any atom is -0.324 e. The van der Waals surface area contributed by atoms with Gasteiger partial charge in [0, 0.05) is 17.4 Å². The zero-order valence-corrected chi connectivity index (χ0v) is 13.5. The molecule has 0 radical (unpaired) electrons. The van der Waals surface area contributed by atoms with Crippen LogP contribution in [0, 0.1) is 0 Å². The maximum atomic E-state index is 11.5. The van der Waals surface area contributed by atoms with Crippen molar-refractivity contribution in [2.24, 2.45) is 5.73 Å². The second-order valence-electron chi connectivity index (χ2n) is 5.95. The van der Waals surface area contributed by atoms with Gasteiger partial charge in [-0.1, -0.05) is 0 Å². The van der Waals surface area contributed by atoms with Crippen LogP contribution in [0.3, 0.4) is 0 Å². The van der Waals surface area contributed by atoms with E-state index in [1.54, 1.807) is 24.3 Å². The average molecular weight is 308 g/mol. The Balaban J connectivity index is 2.55. The predicted octanol–water partition coefficient (Wildman–Crippen LogP) is 1.56. The van der Waals surface area contributed by atoms with Crippen molar-refractivity contribution in [3.63, 3.8) is 0 Å². The summed E-state index contributed by atoms with van der Waals surface area (Å²) in [6.07, 6.45) is 1.19. The molecular formula is C14H20N4O2S. The molecule has 0 unspecified atom stereocenters. The third kappa shape index (κ3) is 3.14. The molecule has 0 amide bonds.